The van der Waals surface area contributed by atoms with Crippen molar-refractivity contribution < 1.29 is 4.74 Å². The first kappa shape index (κ1) is 13.2. The van der Waals surface area contributed by atoms with E-state index in [1.807, 2.05) is 36.4 Å². The third-order valence-corrected chi connectivity index (χ3v) is 3.10. The number of hydrogen-bond acceptors (Lipinski definition) is 3. The molecule has 0 aliphatic rings. The molecule has 2 aromatic rings. The molecule has 1 atom stereocenters. The third kappa shape index (κ3) is 3.63. The van der Waals surface area contributed by atoms with Crippen molar-refractivity contribution >= 4 is 15.9 Å². The number of nitrogens with two attached hydrogens (primary N) is 1. The highest BCUT2D eigenvalue weighted by Crippen LogP contribution is 2.18. The topological polar surface area (TPSA) is 48.1 Å². The van der Waals surface area contributed by atoms with Gasteiger partial charge in [-0.05, 0) is 23.8 Å². The van der Waals surface area contributed by atoms with Crippen LogP contribution in [0.3, 0.4) is 0 Å². The lowest BCUT2D eigenvalue weighted by Gasteiger charge is -2.16. The molecular formula is C14H15BrN2O. The second kappa shape index (κ2) is 6.64. The van der Waals surface area contributed by atoms with E-state index < -0.39 is 0 Å². The van der Waals surface area contributed by atoms with Gasteiger partial charge in [0.05, 0.1) is 12.7 Å². The Balaban J connectivity index is 2.00. The highest BCUT2D eigenvalue weighted by molar-refractivity contribution is 9.10. The van der Waals surface area contributed by atoms with Crippen molar-refractivity contribution in [1.29, 1.82) is 0 Å². The van der Waals surface area contributed by atoms with E-state index in [0.29, 0.717) is 13.2 Å². The highest BCUT2D eigenvalue weighted by Gasteiger charge is 2.10. The average Bonchev–Trinajstić information content (AvgIpc) is 2.41. The van der Waals surface area contributed by atoms with Gasteiger partial charge in [0.25, 0.3) is 0 Å². The molecule has 1 unspecified atom stereocenters. The van der Waals surface area contributed by atoms with Crippen molar-refractivity contribution in [3.8, 4) is 0 Å². The van der Waals surface area contributed by atoms with Crippen molar-refractivity contribution in [3.63, 3.8) is 0 Å². The van der Waals surface area contributed by atoms with E-state index in [1.54, 1.807) is 12.4 Å². The van der Waals surface area contributed by atoms with E-state index in [0.717, 1.165) is 15.6 Å². The summed E-state index contributed by atoms with van der Waals surface area (Å²) < 4.78 is 6.88. The van der Waals surface area contributed by atoms with Crippen LogP contribution in [-0.2, 0) is 11.3 Å². The van der Waals surface area contributed by atoms with Crippen LogP contribution in [0, 0.1) is 0 Å². The summed E-state index contributed by atoms with van der Waals surface area (Å²) in [6, 6.07) is 11.9. The zero-order valence-corrected chi connectivity index (χ0v) is 11.5. The van der Waals surface area contributed by atoms with Crippen molar-refractivity contribution in [1.82, 2.24) is 4.98 Å². The predicted molar refractivity (Wildman–Crippen MR) is 75.0 cm³/mol. The van der Waals surface area contributed by atoms with Crippen LogP contribution in [0.25, 0.3) is 0 Å². The van der Waals surface area contributed by atoms with Crippen LogP contribution in [0.5, 0.6) is 0 Å². The SMILES string of the molecule is NCC(OCc1cccc(Br)c1)c1cccnc1. The molecule has 18 heavy (non-hydrogen) atoms. The molecular weight excluding hydrogens is 292 g/mol. The minimum atomic E-state index is -0.113. The summed E-state index contributed by atoms with van der Waals surface area (Å²) in [7, 11) is 0. The Morgan fingerprint density at radius 1 is 1.28 bits per heavy atom. The predicted octanol–water partition coefficient (Wildman–Crippen LogP) is 3.06. The van der Waals surface area contributed by atoms with E-state index >= 15 is 0 Å². The summed E-state index contributed by atoms with van der Waals surface area (Å²) in [5, 5.41) is 0. The zero-order valence-electron chi connectivity index (χ0n) is 9.92. The first-order valence-electron chi connectivity index (χ1n) is 5.75. The van der Waals surface area contributed by atoms with Crippen LogP contribution in [0.1, 0.15) is 17.2 Å². The molecule has 0 saturated heterocycles. The van der Waals surface area contributed by atoms with E-state index in [-0.39, 0.29) is 6.10 Å². The smallest absolute Gasteiger partial charge is 0.0966 e. The lowest BCUT2D eigenvalue weighted by atomic mass is 10.1. The van der Waals surface area contributed by atoms with Gasteiger partial charge < -0.3 is 10.5 Å². The number of hydrogen-bond donors (Lipinski definition) is 1. The Labute approximate surface area is 115 Å². The van der Waals surface area contributed by atoms with Gasteiger partial charge in [-0.25, -0.2) is 0 Å². The molecule has 2 rings (SSSR count). The molecule has 1 heterocycles. The minimum Gasteiger partial charge on any atom is -0.367 e. The molecule has 0 spiro atoms. The number of halogens is 1. The summed E-state index contributed by atoms with van der Waals surface area (Å²) in [5.41, 5.74) is 7.86. The largest absolute Gasteiger partial charge is 0.367 e. The second-order valence-corrected chi connectivity index (χ2v) is 4.87. The van der Waals surface area contributed by atoms with Crippen LogP contribution >= 0.6 is 15.9 Å². The maximum Gasteiger partial charge on any atom is 0.0966 e. The normalized spacial score (nSPS) is 12.3. The lowest BCUT2D eigenvalue weighted by molar-refractivity contribution is 0.0454. The molecule has 3 nitrogen and oxygen atoms in total. The fourth-order valence-corrected chi connectivity index (χ4v) is 2.14. The van der Waals surface area contributed by atoms with Gasteiger partial charge in [0, 0.05) is 29.0 Å². The molecule has 0 saturated carbocycles. The molecule has 94 valence electrons. The van der Waals surface area contributed by atoms with Crippen LogP contribution in [0.15, 0.2) is 53.3 Å². The summed E-state index contributed by atoms with van der Waals surface area (Å²) in [5.74, 6) is 0. The molecule has 1 aromatic heterocycles. The summed E-state index contributed by atoms with van der Waals surface area (Å²) in [6.07, 6.45) is 3.42. The molecule has 4 heteroatoms. The molecule has 0 amide bonds. The first-order chi connectivity index (χ1) is 8.79. The Bertz CT molecular complexity index is 490. The number of aromatic nitrogens is 1. The fourth-order valence-electron chi connectivity index (χ4n) is 1.69. The standard InChI is InChI=1S/C14H15BrN2O/c15-13-5-1-3-11(7-13)10-18-14(8-16)12-4-2-6-17-9-12/h1-7,9,14H,8,10,16H2. The maximum atomic E-state index is 5.83. The minimum absolute atomic E-state index is 0.113. The van der Waals surface area contributed by atoms with Crippen molar-refractivity contribution in [2.45, 2.75) is 12.7 Å². The molecule has 2 N–H and O–H groups in total. The van der Waals surface area contributed by atoms with Gasteiger partial charge in [0.1, 0.15) is 0 Å². The number of rotatable bonds is 5. The van der Waals surface area contributed by atoms with E-state index in [1.165, 1.54) is 0 Å². The Kier molecular flexibility index (Phi) is 4.87. The van der Waals surface area contributed by atoms with Gasteiger partial charge in [-0.1, -0.05) is 34.1 Å². The monoisotopic (exact) mass is 306 g/mol. The number of pyridine rings is 1. The molecule has 1 aromatic carbocycles. The van der Waals surface area contributed by atoms with Crippen LogP contribution in [-0.4, -0.2) is 11.5 Å². The summed E-state index contributed by atoms with van der Waals surface area (Å²) in [6.45, 7) is 0.982. The Hall–Kier alpha value is -1.23. The third-order valence-electron chi connectivity index (χ3n) is 2.61. The van der Waals surface area contributed by atoms with E-state index in [9.17, 15) is 0 Å². The van der Waals surface area contributed by atoms with Crippen molar-refractivity contribution in [3.05, 3.63) is 64.4 Å². The molecule has 0 fully saturated rings. The quantitative estimate of drug-likeness (QED) is 0.923. The lowest BCUT2D eigenvalue weighted by Crippen LogP contribution is -2.16. The molecule has 0 aliphatic carbocycles. The van der Waals surface area contributed by atoms with Crippen LogP contribution in [0.4, 0.5) is 0 Å². The van der Waals surface area contributed by atoms with E-state index in [4.69, 9.17) is 10.5 Å². The zero-order chi connectivity index (χ0) is 12.8. The first-order valence-corrected chi connectivity index (χ1v) is 6.55. The molecule has 0 radical (unpaired) electrons. The van der Waals surface area contributed by atoms with Crippen LogP contribution < -0.4 is 5.73 Å². The highest BCUT2D eigenvalue weighted by atomic mass is 79.9. The number of benzene rings is 1. The molecule has 0 bridgehead atoms. The van der Waals surface area contributed by atoms with Gasteiger partial charge in [-0.3, -0.25) is 4.98 Å². The fraction of sp³-hybridized carbons (Fsp3) is 0.214. The van der Waals surface area contributed by atoms with E-state index in [2.05, 4.69) is 20.9 Å². The van der Waals surface area contributed by atoms with Gasteiger partial charge >= 0.3 is 0 Å². The van der Waals surface area contributed by atoms with Crippen LogP contribution in [0.2, 0.25) is 0 Å². The summed E-state index contributed by atoms with van der Waals surface area (Å²) in [4.78, 5) is 4.08. The van der Waals surface area contributed by atoms with Gasteiger partial charge in [-0.2, -0.15) is 0 Å². The average molecular weight is 307 g/mol. The summed E-state index contributed by atoms with van der Waals surface area (Å²) >= 11 is 3.44. The number of ether oxygens (including phenoxy) is 1. The Morgan fingerprint density at radius 2 is 2.17 bits per heavy atom. The van der Waals surface area contributed by atoms with Crippen molar-refractivity contribution in [2.75, 3.05) is 6.54 Å². The van der Waals surface area contributed by atoms with Gasteiger partial charge in [0.15, 0.2) is 0 Å². The molecule has 0 aliphatic heterocycles. The van der Waals surface area contributed by atoms with Gasteiger partial charge in [0.2, 0.25) is 0 Å². The maximum absolute atomic E-state index is 5.83. The second-order valence-electron chi connectivity index (χ2n) is 3.95. The van der Waals surface area contributed by atoms with Crippen molar-refractivity contribution in [2.24, 2.45) is 5.73 Å². The van der Waals surface area contributed by atoms with Gasteiger partial charge in [-0.15, -0.1) is 0 Å². The number of nitrogens with zero attached hydrogens (tertiary/aromatic N) is 1. The Morgan fingerprint density at radius 3 is 2.83 bits per heavy atom.